The highest BCUT2D eigenvalue weighted by atomic mass is 32.2. The van der Waals surface area contributed by atoms with E-state index in [0.29, 0.717) is 50.3 Å². The van der Waals surface area contributed by atoms with Gasteiger partial charge in [0.1, 0.15) is 41.6 Å². The Morgan fingerprint density at radius 3 is 2.16 bits per heavy atom. The Bertz CT molecular complexity index is 2750. The lowest BCUT2D eigenvalue weighted by atomic mass is 9.77. The predicted molar refractivity (Wildman–Crippen MR) is 302 cm³/mol. The minimum Gasteiger partial charge on any atom is -0.494 e. The molecular weight excluding hydrogens is 1100 g/mol. The van der Waals surface area contributed by atoms with Gasteiger partial charge in [0.05, 0.1) is 69.9 Å². The van der Waals surface area contributed by atoms with Gasteiger partial charge in [-0.25, -0.2) is 8.42 Å². The van der Waals surface area contributed by atoms with Gasteiger partial charge in [0, 0.05) is 70.2 Å². The molecular formula is C59H90N6O17S. The minimum atomic E-state index is -4.03. The number of aliphatic hydroxyl groups excluding tert-OH is 3. The number of ether oxygens (including phenoxy) is 7. The van der Waals surface area contributed by atoms with Crippen LogP contribution < -0.4 is 4.74 Å². The number of amides is 2. The first kappa shape index (κ1) is 66.0. The maximum Gasteiger partial charge on any atom is 0.311 e. The molecule has 3 aromatic rings. The van der Waals surface area contributed by atoms with Crippen LogP contribution in [0.2, 0.25) is 0 Å². The number of carbonyl (C=O) groups is 3. The van der Waals surface area contributed by atoms with Gasteiger partial charge >= 0.3 is 5.97 Å². The number of aliphatic hydroxyl groups is 5. The van der Waals surface area contributed by atoms with E-state index in [9.17, 15) is 48.3 Å². The second-order valence-electron chi connectivity index (χ2n) is 24.4. The van der Waals surface area contributed by atoms with Crippen molar-refractivity contribution in [2.24, 2.45) is 17.8 Å². The van der Waals surface area contributed by atoms with Crippen molar-refractivity contribution in [1.29, 1.82) is 0 Å². The van der Waals surface area contributed by atoms with Gasteiger partial charge in [0.2, 0.25) is 0 Å². The van der Waals surface area contributed by atoms with Crippen molar-refractivity contribution in [3.05, 3.63) is 71.5 Å². The summed E-state index contributed by atoms with van der Waals surface area (Å²) in [5.41, 5.74) is -3.56. The average Bonchev–Trinajstić information content (AvgIpc) is 4.03. The largest absolute Gasteiger partial charge is 0.494 e. The van der Waals surface area contributed by atoms with Gasteiger partial charge in [-0.3, -0.25) is 24.0 Å². The number of methoxy groups -OCH3 is 1. The number of esters is 1. The Hall–Kier alpha value is -4.54. The molecule has 3 saturated heterocycles. The monoisotopic (exact) mass is 1190 g/mol. The fraction of sp³-hybridized carbons (Fsp3) is 0.712. The normalized spacial score (nSPS) is 36.3. The molecule has 5 heterocycles. The SMILES string of the molecule is CC[C@H]1OC(=O)[C@H](C)[C@@H](O[C@H]2C[C@@](C)(OC)[C@@H](O)[C@H](C)O2)[C@H](C)[C@@H](O[C@@H]2O[C@H](C)C[C@H](N(C)CCc3cn(CCCOc4ccc(S(=O)(=O)CN5C(=O)c6ccccc6C5=O)cc4)nn3)[C@H]2O)[C@](C)(O)C[C@@H](C)CN(C)[C@H](C)[C@@H](O)[C@]1(C)O. The van der Waals surface area contributed by atoms with Crippen molar-refractivity contribution in [2.75, 3.05) is 46.8 Å². The summed E-state index contributed by atoms with van der Waals surface area (Å²) in [6.07, 6.45) is -6.62. The number of nitrogens with zero attached hydrogens (tertiary/aromatic N) is 6. The van der Waals surface area contributed by atoms with E-state index in [4.69, 9.17) is 33.2 Å². The molecule has 4 aliphatic heterocycles. The molecule has 4 aliphatic rings. The maximum absolute atomic E-state index is 14.5. The second-order valence-corrected chi connectivity index (χ2v) is 26.4. The molecule has 18 atom stereocenters. The third-order valence-corrected chi connectivity index (χ3v) is 19.2. The molecule has 7 rings (SSSR count). The highest BCUT2D eigenvalue weighted by molar-refractivity contribution is 7.91. The van der Waals surface area contributed by atoms with Crippen LogP contribution in [-0.2, 0) is 56.0 Å². The van der Waals surface area contributed by atoms with E-state index in [1.54, 1.807) is 65.3 Å². The van der Waals surface area contributed by atoms with E-state index in [2.05, 4.69) is 10.3 Å². The fourth-order valence-corrected chi connectivity index (χ4v) is 13.7. The first-order valence-corrected chi connectivity index (χ1v) is 30.6. The Kier molecular flexibility index (Phi) is 21.5. The summed E-state index contributed by atoms with van der Waals surface area (Å²) in [4.78, 5) is 44.7. The Labute approximate surface area is 488 Å². The summed E-state index contributed by atoms with van der Waals surface area (Å²) in [5, 5.41) is 68.5. The number of benzene rings is 2. The summed E-state index contributed by atoms with van der Waals surface area (Å²) in [5.74, 6) is -4.55. The zero-order valence-corrected chi connectivity index (χ0v) is 51.2. The topological polar surface area (TPSA) is 292 Å². The van der Waals surface area contributed by atoms with Crippen LogP contribution in [-0.4, -0.2) is 219 Å². The Morgan fingerprint density at radius 1 is 0.880 bits per heavy atom. The summed E-state index contributed by atoms with van der Waals surface area (Å²) in [6, 6.07) is 10.9. The molecule has 0 bridgehead atoms. The van der Waals surface area contributed by atoms with Gasteiger partial charge in [-0.2, -0.15) is 0 Å². The van der Waals surface area contributed by atoms with E-state index in [1.807, 2.05) is 43.9 Å². The highest BCUT2D eigenvalue weighted by Crippen LogP contribution is 2.41. The predicted octanol–water partition coefficient (Wildman–Crippen LogP) is 3.60. The number of aromatic nitrogens is 3. The number of cyclic esters (lactones) is 1. The molecule has 0 spiro atoms. The highest BCUT2D eigenvalue weighted by Gasteiger charge is 2.53. The van der Waals surface area contributed by atoms with Crippen LogP contribution >= 0.6 is 0 Å². The lowest BCUT2D eigenvalue weighted by Gasteiger charge is -2.49. The van der Waals surface area contributed by atoms with E-state index >= 15 is 0 Å². The molecule has 1 aromatic heterocycles. The second kappa shape index (κ2) is 27.0. The van der Waals surface area contributed by atoms with Crippen LogP contribution in [0.4, 0.5) is 0 Å². The third-order valence-electron chi connectivity index (χ3n) is 17.6. The van der Waals surface area contributed by atoms with E-state index in [0.717, 1.165) is 4.90 Å². The van der Waals surface area contributed by atoms with Gasteiger partial charge in [-0.1, -0.05) is 38.1 Å². The minimum absolute atomic E-state index is 0.0574. The fourth-order valence-electron chi connectivity index (χ4n) is 12.4. The summed E-state index contributed by atoms with van der Waals surface area (Å²) >= 11 is 0. The third kappa shape index (κ3) is 15.0. The number of hydrogen-bond acceptors (Lipinski definition) is 21. The lowest BCUT2D eigenvalue weighted by molar-refractivity contribution is -0.318. The van der Waals surface area contributed by atoms with E-state index < -0.39 is 136 Å². The van der Waals surface area contributed by atoms with Gasteiger partial charge in [0.15, 0.2) is 22.4 Å². The Morgan fingerprint density at radius 2 is 1.53 bits per heavy atom. The van der Waals surface area contributed by atoms with Gasteiger partial charge < -0.3 is 68.5 Å². The number of imide groups is 1. The maximum atomic E-state index is 14.5. The average molecular weight is 1190 g/mol. The molecule has 83 heavy (non-hydrogen) atoms. The van der Waals surface area contributed by atoms with E-state index in [1.165, 1.54) is 50.4 Å². The molecule has 0 unspecified atom stereocenters. The summed E-state index contributed by atoms with van der Waals surface area (Å²) < 4.78 is 72.3. The quantitative estimate of drug-likeness (QED) is 0.0691. The van der Waals surface area contributed by atoms with Crippen molar-refractivity contribution in [1.82, 2.24) is 29.7 Å². The first-order chi connectivity index (χ1) is 38.9. The molecule has 464 valence electrons. The van der Waals surface area contributed by atoms with Crippen LogP contribution in [0.1, 0.15) is 128 Å². The van der Waals surface area contributed by atoms with Crippen LogP contribution in [0.15, 0.2) is 59.6 Å². The van der Waals surface area contributed by atoms with Crippen LogP contribution in [0.3, 0.4) is 0 Å². The number of fused-ring (bicyclic) bond motifs is 1. The molecule has 0 radical (unpaired) electrons. The smallest absolute Gasteiger partial charge is 0.311 e. The van der Waals surface area contributed by atoms with Crippen molar-refractivity contribution in [3.63, 3.8) is 0 Å². The zero-order chi connectivity index (χ0) is 61.1. The van der Waals surface area contributed by atoms with Gasteiger partial charge in [-0.05, 0) is 124 Å². The molecule has 23 nitrogen and oxygen atoms in total. The van der Waals surface area contributed by atoms with Gasteiger partial charge in [-0.15, -0.1) is 5.10 Å². The number of likely N-dealkylation sites (N-methyl/N-ethyl adjacent to an activating group) is 2. The van der Waals surface area contributed by atoms with Crippen LogP contribution in [0.5, 0.6) is 5.75 Å². The molecule has 2 amide bonds. The van der Waals surface area contributed by atoms with Crippen LogP contribution in [0, 0.1) is 17.8 Å². The molecule has 0 saturated carbocycles. The van der Waals surface area contributed by atoms with E-state index in [-0.39, 0.29) is 47.8 Å². The standard InChI is InChI=1S/C59H90N6O17S/c1-14-46-59(10,73)50(67)38(6)63(12)31-34(2)29-57(8,72)52(36(4)49(37(5)55(71)80-46)81-47-30-58(9,76-13)51(68)39(7)79-47)82-56-48(66)45(28-35(3)78-56)62(11)26-24-40-32-64(61-60-40)25-17-27-77-41-20-22-42(23-21-41)83(74,75)33-65-53(69)43-18-15-16-19-44(43)54(65)70/h15-16,18-23,32,34-39,45-52,56,66-68,72-73H,14,17,24-31,33H2,1-13H3/t34-,35-,36+,37-,38-,39+,45+,46-,47+,48-,49+,50-,51+,52-,56+,57-,58-,59-/m1/s1. The molecule has 0 aliphatic carbocycles. The Balaban J connectivity index is 1.01. The van der Waals surface area contributed by atoms with Crippen LogP contribution in [0.25, 0.3) is 0 Å². The number of sulfone groups is 1. The molecule has 24 heteroatoms. The number of rotatable bonds is 18. The lowest BCUT2D eigenvalue weighted by Crippen LogP contribution is -2.61. The van der Waals surface area contributed by atoms with Crippen molar-refractivity contribution in [3.8, 4) is 5.75 Å². The van der Waals surface area contributed by atoms with Gasteiger partial charge in [0.25, 0.3) is 11.8 Å². The number of aryl methyl sites for hydroxylation is 1. The van der Waals surface area contributed by atoms with Crippen molar-refractivity contribution >= 4 is 27.6 Å². The van der Waals surface area contributed by atoms with Crippen molar-refractivity contribution < 1.29 is 81.5 Å². The molecule has 3 fully saturated rings. The number of hydrogen-bond donors (Lipinski definition) is 5. The zero-order valence-electron chi connectivity index (χ0n) is 50.4. The van der Waals surface area contributed by atoms with Crippen molar-refractivity contribution in [2.45, 2.75) is 210 Å². The molecule has 5 N–H and O–H groups in total. The molecule has 2 aromatic carbocycles. The summed E-state index contributed by atoms with van der Waals surface area (Å²) in [6.45, 7) is 19.0. The summed E-state index contributed by atoms with van der Waals surface area (Å²) in [7, 11) is 1.18. The first-order valence-electron chi connectivity index (χ1n) is 29.0. The number of carbonyl (C=O) groups excluding carboxylic acids is 3.